The second-order valence-corrected chi connectivity index (χ2v) is 5.02. The van der Waals surface area contributed by atoms with Crippen LogP contribution in [0.2, 0.25) is 0 Å². The van der Waals surface area contributed by atoms with Crippen LogP contribution < -0.4 is 4.90 Å². The summed E-state index contributed by atoms with van der Waals surface area (Å²) in [5.41, 5.74) is 4.53. The number of anilines is 1. The van der Waals surface area contributed by atoms with E-state index in [1.54, 1.807) is 0 Å². The van der Waals surface area contributed by atoms with Gasteiger partial charge in [-0.3, -0.25) is 0 Å². The van der Waals surface area contributed by atoms with Crippen LogP contribution in [0.1, 0.15) is 27.7 Å². The molecule has 0 saturated carbocycles. The van der Waals surface area contributed by atoms with Crippen LogP contribution >= 0.6 is 0 Å². The molecule has 1 aromatic rings. The Morgan fingerprint density at radius 3 is 2.13 bits per heavy atom. The molecule has 15 heavy (non-hydrogen) atoms. The molecule has 1 aromatic carbocycles. The molecule has 2 rings (SSSR count). The maximum atomic E-state index is 2.41. The lowest BCUT2D eigenvalue weighted by Crippen LogP contribution is -2.24. The number of rotatable bonds is 1. The minimum atomic E-state index is 0.305. The lowest BCUT2D eigenvalue weighted by atomic mass is 9.87. The number of allylic oxidation sites excluding steroid dienone is 1. The molecule has 0 atom stereocenters. The first-order valence-electron chi connectivity index (χ1n) is 5.53. The number of benzene rings is 1. The largest absolute Gasteiger partial charge is 0.345 e. The zero-order valence-corrected chi connectivity index (χ0v) is 10.0. The minimum absolute atomic E-state index is 0.305. The maximum absolute atomic E-state index is 2.41. The summed E-state index contributed by atoms with van der Waals surface area (Å²) in [6.45, 7) is 10.2. The Hall–Kier alpha value is -1.24. The molecule has 1 nitrogen and oxygen atoms in total. The van der Waals surface area contributed by atoms with Crippen molar-refractivity contribution in [3.05, 3.63) is 41.6 Å². The third-order valence-corrected chi connectivity index (χ3v) is 3.58. The van der Waals surface area contributed by atoms with Crippen LogP contribution in [0.5, 0.6) is 0 Å². The zero-order valence-electron chi connectivity index (χ0n) is 10.0. The van der Waals surface area contributed by atoms with Gasteiger partial charge in [0, 0.05) is 23.3 Å². The van der Waals surface area contributed by atoms with Gasteiger partial charge in [-0.05, 0) is 31.6 Å². The fourth-order valence-electron chi connectivity index (χ4n) is 2.22. The van der Waals surface area contributed by atoms with Crippen molar-refractivity contribution in [2.45, 2.75) is 27.7 Å². The summed E-state index contributed by atoms with van der Waals surface area (Å²) in [5.74, 6) is 0. The first-order valence-corrected chi connectivity index (χ1v) is 5.53. The molecule has 80 valence electrons. The first-order chi connectivity index (χ1) is 7.02. The maximum Gasteiger partial charge on any atom is 0.0408 e. The van der Waals surface area contributed by atoms with E-state index in [1.807, 2.05) is 0 Å². The molecule has 0 radical (unpaired) electrons. The molecule has 0 spiro atoms. The fourth-order valence-corrected chi connectivity index (χ4v) is 2.22. The molecule has 0 fully saturated rings. The second-order valence-electron chi connectivity index (χ2n) is 5.02. The van der Waals surface area contributed by atoms with Gasteiger partial charge in [-0.25, -0.2) is 0 Å². The van der Waals surface area contributed by atoms with Crippen LogP contribution in [0.4, 0.5) is 5.69 Å². The SMILES string of the molecule is CC1=C(C)C(C)(C)CN1c1ccccc1. The highest BCUT2D eigenvalue weighted by molar-refractivity contribution is 5.56. The van der Waals surface area contributed by atoms with Crippen molar-refractivity contribution in [3.8, 4) is 0 Å². The van der Waals surface area contributed by atoms with Gasteiger partial charge < -0.3 is 4.90 Å². The Balaban J connectivity index is 2.37. The van der Waals surface area contributed by atoms with Crippen molar-refractivity contribution >= 4 is 5.69 Å². The van der Waals surface area contributed by atoms with Crippen molar-refractivity contribution in [1.82, 2.24) is 0 Å². The lowest BCUT2D eigenvalue weighted by Gasteiger charge is -2.24. The predicted molar refractivity (Wildman–Crippen MR) is 65.9 cm³/mol. The molecule has 1 heteroatoms. The normalized spacial score (nSPS) is 19.9. The molecule has 0 unspecified atom stereocenters. The topological polar surface area (TPSA) is 3.24 Å². The van der Waals surface area contributed by atoms with Gasteiger partial charge in [0.05, 0.1) is 0 Å². The van der Waals surface area contributed by atoms with Gasteiger partial charge in [0.2, 0.25) is 0 Å². The average Bonchev–Trinajstić information content (AvgIpc) is 2.44. The molecular weight excluding hydrogens is 182 g/mol. The molecule has 0 aliphatic carbocycles. The molecule has 0 amide bonds. The van der Waals surface area contributed by atoms with Crippen molar-refractivity contribution in [1.29, 1.82) is 0 Å². The third kappa shape index (κ3) is 1.67. The smallest absolute Gasteiger partial charge is 0.0408 e. The zero-order chi connectivity index (χ0) is 11.1. The van der Waals surface area contributed by atoms with E-state index in [4.69, 9.17) is 0 Å². The lowest BCUT2D eigenvalue weighted by molar-refractivity contribution is 0.485. The summed E-state index contributed by atoms with van der Waals surface area (Å²) in [4.78, 5) is 2.41. The highest BCUT2D eigenvalue weighted by atomic mass is 15.2. The van der Waals surface area contributed by atoms with E-state index < -0.39 is 0 Å². The molecule has 0 aromatic heterocycles. The van der Waals surface area contributed by atoms with Gasteiger partial charge in [-0.2, -0.15) is 0 Å². The van der Waals surface area contributed by atoms with Gasteiger partial charge in [0.15, 0.2) is 0 Å². The summed E-state index contributed by atoms with van der Waals surface area (Å²) in [7, 11) is 0. The van der Waals surface area contributed by atoms with Crippen molar-refractivity contribution < 1.29 is 0 Å². The first kappa shape index (κ1) is 10.3. The van der Waals surface area contributed by atoms with Gasteiger partial charge in [0.1, 0.15) is 0 Å². The summed E-state index contributed by atoms with van der Waals surface area (Å²) >= 11 is 0. The Bertz CT molecular complexity index is 387. The van der Waals surface area contributed by atoms with Crippen molar-refractivity contribution in [2.75, 3.05) is 11.4 Å². The highest BCUT2D eigenvalue weighted by Gasteiger charge is 2.33. The standard InChI is InChI=1S/C14H19N/c1-11-12(2)15(10-14(11,3)4)13-8-6-5-7-9-13/h5-9H,10H2,1-4H3. The third-order valence-electron chi connectivity index (χ3n) is 3.58. The summed E-state index contributed by atoms with van der Waals surface area (Å²) in [5, 5.41) is 0. The summed E-state index contributed by atoms with van der Waals surface area (Å²) in [6.07, 6.45) is 0. The number of para-hydroxylation sites is 1. The van der Waals surface area contributed by atoms with Gasteiger partial charge in [-0.1, -0.05) is 32.0 Å². The quantitative estimate of drug-likeness (QED) is 0.667. The molecule has 1 heterocycles. The van der Waals surface area contributed by atoms with E-state index in [0.29, 0.717) is 5.41 Å². The molecule has 1 aliphatic rings. The van der Waals surface area contributed by atoms with E-state index in [2.05, 4.69) is 62.9 Å². The van der Waals surface area contributed by atoms with Gasteiger partial charge >= 0.3 is 0 Å². The van der Waals surface area contributed by atoms with Crippen molar-refractivity contribution in [3.63, 3.8) is 0 Å². The van der Waals surface area contributed by atoms with Crippen LogP contribution in [0.3, 0.4) is 0 Å². The number of hydrogen-bond acceptors (Lipinski definition) is 1. The van der Waals surface area contributed by atoms with Gasteiger partial charge in [-0.15, -0.1) is 0 Å². The second kappa shape index (κ2) is 3.41. The van der Waals surface area contributed by atoms with E-state index in [9.17, 15) is 0 Å². The molecule has 0 saturated heterocycles. The van der Waals surface area contributed by atoms with E-state index in [1.165, 1.54) is 17.0 Å². The Labute approximate surface area is 92.4 Å². The minimum Gasteiger partial charge on any atom is -0.345 e. The molecule has 0 N–H and O–H groups in total. The number of hydrogen-bond donors (Lipinski definition) is 0. The van der Waals surface area contributed by atoms with Crippen LogP contribution in [-0.4, -0.2) is 6.54 Å². The molecular formula is C14H19N. The summed E-state index contributed by atoms with van der Waals surface area (Å²) in [6, 6.07) is 10.6. The predicted octanol–water partition coefficient (Wildman–Crippen LogP) is 3.83. The van der Waals surface area contributed by atoms with E-state index in [0.717, 1.165) is 6.54 Å². The van der Waals surface area contributed by atoms with Crippen LogP contribution in [0.15, 0.2) is 41.6 Å². The van der Waals surface area contributed by atoms with Crippen LogP contribution in [0, 0.1) is 5.41 Å². The summed E-state index contributed by atoms with van der Waals surface area (Å²) < 4.78 is 0. The molecule has 0 bridgehead atoms. The van der Waals surface area contributed by atoms with E-state index >= 15 is 0 Å². The average molecular weight is 201 g/mol. The number of nitrogens with zero attached hydrogens (tertiary/aromatic N) is 1. The highest BCUT2D eigenvalue weighted by Crippen LogP contribution is 2.39. The fraction of sp³-hybridized carbons (Fsp3) is 0.429. The Morgan fingerprint density at radius 2 is 1.67 bits per heavy atom. The van der Waals surface area contributed by atoms with Crippen LogP contribution in [-0.2, 0) is 0 Å². The Morgan fingerprint density at radius 1 is 1.07 bits per heavy atom. The molecule has 1 aliphatic heterocycles. The monoisotopic (exact) mass is 201 g/mol. The Kier molecular flexibility index (Phi) is 2.34. The van der Waals surface area contributed by atoms with Crippen LogP contribution in [0.25, 0.3) is 0 Å². The van der Waals surface area contributed by atoms with E-state index in [-0.39, 0.29) is 0 Å². The van der Waals surface area contributed by atoms with Gasteiger partial charge in [0.25, 0.3) is 0 Å². The van der Waals surface area contributed by atoms with Crippen molar-refractivity contribution in [2.24, 2.45) is 5.41 Å².